The quantitative estimate of drug-likeness (QED) is 0.236. The van der Waals surface area contributed by atoms with Gasteiger partial charge in [-0.05, 0) is 63.2 Å². The fraction of sp³-hybridized carbons (Fsp3) is 0.0500. The number of carbonyl (C=O) groups excluding carboxylic acids is 2. The van der Waals surface area contributed by atoms with Gasteiger partial charge in [-0.15, -0.1) is 0 Å². The number of ether oxygens (including phenoxy) is 1. The molecule has 12 heteroatoms. The standard InChI is InChI=1S/C20H14Br2N4O5S/c21-13-5-6-15-11(8-13)4-7-16(18(15)22)31-10-17(27)24-25-20(32)23-19(28)12-2-1-3-14(9-12)26(29)30/h1-9H,10H2,(H,24,27)(H2,23,25,28,32). The summed E-state index contributed by atoms with van der Waals surface area (Å²) >= 11 is 11.9. The van der Waals surface area contributed by atoms with E-state index in [1.54, 1.807) is 6.07 Å². The Kier molecular flexibility index (Phi) is 7.72. The van der Waals surface area contributed by atoms with Crippen molar-refractivity contribution < 1.29 is 19.2 Å². The maximum atomic E-state index is 12.1. The van der Waals surface area contributed by atoms with Crippen LogP contribution in [-0.4, -0.2) is 28.5 Å². The highest BCUT2D eigenvalue weighted by Gasteiger charge is 2.13. The molecule has 0 fully saturated rings. The summed E-state index contributed by atoms with van der Waals surface area (Å²) in [7, 11) is 0. The van der Waals surface area contributed by atoms with Crippen molar-refractivity contribution in [1.82, 2.24) is 16.2 Å². The first-order valence-corrected chi connectivity index (χ1v) is 10.9. The number of nitro groups is 1. The lowest BCUT2D eigenvalue weighted by molar-refractivity contribution is -0.384. The summed E-state index contributed by atoms with van der Waals surface area (Å²) in [6.45, 7) is -0.310. The third kappa shape index (κ3) is 5.99. The Balaban J connectivity index is 1.50. The van der Waals surface area contributed by atoms with Crippen LogP contribution >= 0.6 is 44.1 Å². The third-order valence-electron chi connectivity index (χ3n) is 4.10. The maximum Gasteiger partial charge on any atom is 0.276 e. The van der Waals surface area contributed by atoms with Gasteiger partial charge in [-0.1, -0.05) is 34.1 Å². The van der Waals surface area contributed by atoms with Gasteiger partial charge in [-0.2, -0.15) is 0 Å². The van der Waals surface area contributed by atoms with E-state index in [1.807, 2.05) is 24.3 Å². The minimum absolute atomic E-state index is 0.0474. The first-order chi connectivity index (χ1) is 15.2. The number of thiocarbonyl (C=S) groups is 1. The van der Waals surface area contributed by atoms with E-state index in [4.69, 9.17) is 17.0 Å². The van der Waals surface area contributed by atoms with Crippen LogP contribution in [0.25, 0.3) is 10.8 Å². The fourth-order valence-corrected chi connectivity index (χ4v) is 3.76. The number of rotatable bonds is 5. The van der Waals surface area contributed by atoms with E-state index in [2.05, 4.69) is 48.0 Å². The molecule has 3 aromatic rings. The number of amides is 2. The van der Waals surface area contributed by atoms with Gasteiger partial charge in [0.05, 0.1) is 9.40 Å². The number of hydrogen-bond acceptors (Lipinski definition) is 6. The molecular weight excluding hydrogens is 568 g/mol. The number of hydrazine groups is 1. The zero-order valence-corrected chi connectivity index (χ0v) is 20.0. The minimum atomic E-state index is -0.663. The van der Waals surface area contributed by atoms with Crippen molar-refractivity contribution in [2.24, 2.45) is 0 Å². The predicted octanol–water partition coefficient (Wildman–Crippen LogP) is 3.99. The number of nitrogens with one attached hydrogen (secondary N) is 3. The Labute approximate surface area is 203 Å². The summed E-state index contributed by atoms with van der Waals surface area (Å²) < 4.78 is 7.21. The van der Waals surface area contributed by atoms with Crippen molar-refractivity contribution in [1.29, 1.82) is 0 Å². The Morgan fingerprint density at radius 3 is 2.59 bits per heavy atom. The van der Waals surface area contributed by atoms with Crippen molar-refractivity contribution in [3.63, 3.8) is 0 Å². The highest BCUT2D eigenvalue weighted by Crippen LogP contribution is 2.34. The molecule has 2 amide bonds. The first-order valence-electron chi connectivity index (χ1n) is 8.90. The van der Waals surface area contributed by atoms with Crippen LogP contribution in [0.5, 0.6) is 5.75 Å². The number of halogens is 2. The number of benzene rings is 3. The molecule has 0 saturated carbocycles. The predicted molar refractivity (Wildman–Crippen MR) is 129 cm³/mol. The second kappa shape index (κ2) is 10.5. The molecule has 0 heterocycles. The molecule has 3 rings (SSSR count). The number of carbonyl (C=O) groups is 2. The smallest absolute Gasteiger partial charge is 0.276 e. The Morgan fingerprint density at radius 2 is 1.84 bits per heavy atom. The van der Waals surface area contributed by atoms with Crippen LogP contribution in [0.2, 0.25) is 0 Å². The van der Waals surface area contributed by atoms with Crippen LogP contribution in [0.1, 0.15) is 10.4 Å². The lowest BCUT2D eigenvalue weighted by Gasteiger charge is -2.13. The molecule has 0 unspecified atom stereocenters. The monoisotopic (exact) mass is 580 g/mol. The number of nitro benzene ring substituents is 1. The lowest BCUT2D eigenvalue weighted by Crippen LogP contribution is -2.49. The molecule has 164 valence electrons. The van der Waals surface area contributed by atoms with E-state index in [0.717, 1.165) is 21.3 Å². The summed E-state index contributed by atoms with van der Waals surface area (Å²) in [4.78, 5) is 34.4. The van der Waals surface area contributed by atoms with Crippen molar-refractivity contribution >= 4 is 77.5 Å². The fourth-order valence-electron chi connectivity index (χ4n) is 2.63. The SMILES string of the molecule is O=C(COc1ccc2cc(Br)ccc2c1Br)NNC(=S)NC(=O)c1cccc([N+](=O)[O-])c1. The van der Waals surface area contributed by atoms with Gasteiger partial charge in [-0.3, -0.25) is 35.9 Å². The minimum Gasteiger partial charge on any atom is -0.483 e. The van der Waals surface area contributed by atoms with E-state index in [1.165, 1.54) is 18.2 Å². The summed E-state index contributed by atoms with van der Waals surface area (Å²) in [5.41, 5.74) is 4.50. The molecule has 0 atom stereocenters. The summed E-state index contributed by atoms with van der Waals surface area (Å²) in [6.07, 6.45) is 0. The molecule has 0 aliphatic rings. The molecule has 0 aliphatic heterocycles. The third-order valence-corrected chi connectivity index (χ3v) is 5.62. The Hall–Kier alpha value is -3.09. The molecule has 0 aromatic heterocycles. The van der Waals surface area contributed by atoms with Crippen LogP contribution in [0, 0.1) is 10.1 Å². The number of hydrogen-bond donors (Lipinski definition) is 3. The number of fused-ring (bicyclic) bond motifs is 1. The molecule has 3 N–H and O–H groups in total. The van der Waals surface area contributed by atoms with Crippen molar-refractivity contribution in [2.45, 2.75) is 0 Å². The van der Waals surface area contributed by atoms with Gasteiger partial charge in [0.15, 0.2) is 11.7 Å². The largest absolute Gasteiger partial charge is 0.483 e. The highest BCUT2D eigenvalue weighted by atomic mass is 79.9. The van der Waals surface area contributed by atoms with Crippen LogP contribution in [0.4, 0.5) is 5.69 Å². The first kappa shape index (κ1) is 23.6. The molecule has 0 aliphatic carbocycles. The average molecular weight is 582 g/mol. The Bertz CT molecular complexity index is 1240. The van der Waals surface area contributed by atoms with Gasteiger partial charge in [0.25, 0.3) is 17.5 Å². The molecular formula is C20H14Br2N4O5S. The highest BCUT2D eigenvalue weighted by molar-refractivity contribution is 9.11. The van der Waals surface area contributed by atoms with E-state index in [9.17, 15) is 19.7 Å². The second-order valence-electron chi connectivity index (χ2n) is 6.30. The van der Waals surface area contributed by atoms with Crippen LogP contribution < -0.4 is 20.9 Å². The zero-order chi connectivity index (χ0) is 23.3. The molecule has 0 saturated heterocycles. The summed E-state index contributed by atoms with van der Waals surface area (Å²) in [5, 5.41) is 14.9. The normalized spacial score (nSPS) is 10.3. The molecule has 9 nitrogen and oxygen atoms in total. The topological polar surface area (TPSA) is 123 Å². The van der Waals surface area contributed by atoms with Crippen molar-refractivity contribution in [3.05, 3.63) is 79.2 Å². The Morgan fingerprint density at radius 1 is 1.06 bits per heavy atom. The van der Waals surface area contributed by atoms with Gasteiger partial charge < -0.3 is 4.74 Å². The second-order valence-corrected chi connectivity index (χ2v) is 8.41. The molecule has 3 aromatic carbocycles. The molecule has 0 spiro atoms. The van der Waals surface area contributed by atoms with Crippen LogP contribution in [0.3, 0.4) is 0 Å². The van der Waals surface area contributed by atoms with Crippen LogP contribution in [-0.2, 0) is 4.79 Å². The van der Waals surface area contributed by atoms with Gasteiger partial charge >= 0.3 is 0 Å². The van der Waals surface area contributed by atoms with E-state index in [0.29, 0.717) is 10.2 Å². The molecule has 0 radical (unpaired) electrons. The maximum absolute atomic E-state index is 12.1. The zero-order valence-electron chi connectivity index (χ0n) is 16.1. The summed E-state index contributed by atoms with van der Waals surface area (Å²) in [6, 6.07) is 14.5. The molecule has 0 bridgehead atoms. The van der Waals surface area contributed by atoms with Gasteiger partial charge in [0.2, 0.25) is 0 Å². The van der Waals surface area contributed by atoms with Gasteiger partial charge in [0.1, 0.15) is 5.75 Å². The van der Waals surface area contributed by atoms with Gasteiger partial charge in [0, 0.05) is 22.2 Å². The molecule has 32 heavy (non-hydrogen) atoms. The number of non-ortho nitro benzene ring substituents is 1. The average Bonchev–Trinajstić information content (AvgIpc) is 2.77. The van der Waals surface area contributed by atoms with Crippen LogP contribution in [0.15, 0.2) is 63.5 Å². The van der Waals surface area contributed by atoms with E-state index >= 15 is 0 Å². The van der Waals surface area contributed by atoms with E-state index < -0.39 is 16.7 Å². The van der Waals surface area contributed by atoms with E-state index in [-0.39, 0.29) is 23.0 Å². The summed E-state index contributed by atoms with van der Waals surface area (Å²) in [5.74, 6) is -0.722. The van der Waals surface area contributed by atoms with Crippen molar-refractivity contribution in [3.8, 4) is 5.75 Å². The lowest BCUT2D eigenvalue weighted by atomic mass is 10.1. The van der Waals surface area contributed by atoms with Gasteiger partial charge in [-0.25, -0.2) is 0 Å². The number of nitrogens with zero attached hydrogens (tertiary/aromatic N) is 1. The van der Waals surface area contributed by atoms with Crippen molar-refractivity contribution in [2.75, 3.05) is 6.61 Å².